The van der Waals surface area contributed by atoms with Crippen LogP contribution in [-0.4, -0.2) is 11.1 Å². The zero-order chi connectivity index (χ0) is 10.3. The summed E-state index contributed by atoms with van der Waals surface area (Å²) in [6.45, 7) is 0. The fourth-order valence-corrected chi connectivity index (χ4v) is 0.868. The number of hydrogen-bond acceptors (Lipinski definition) is 4. The number of carbonyl (C=O) groups is 1. The van der Waals surface area contributed by atoms with E-state index in [0.29, 0.717) is 0 Å². The van der Waals surface area contributed by atoms with Gasteiger partial charge in [-0.15, -0.1) is 0 Å². The van der Waals surface area contributed by atoms with E-state index >= 15 is 0 Å². The Morgan fingerprint density at radius 1 is 1.08 bits per heavy atom. The molecular formula is C8H7N3O2. The van der Waals surface area contributed by atoms with Crippen molar-refractivity contribution >= 4 is 5.97 Å². The van der Waals surface area contributed by atoms with Gasteiger partial charge in [0, 0.05) is 0 Å². The molecule has 66 valence electrons. The molecule has 0 aliphatic rings. The number of aliphatic carboxylic acids is 1. The number of rotatable bonds is 4. The molecule has 0 spiro atoms. The maximum atomic E-state index is 10.7. The van der Waals surface area contributed by atoms with Crippen LogP contribution in [0.25, 0.3) is 0 Å². The first-order chi connectivity index (χ1) is 6.13. The third-order valence-electron chi connectivity index (χ3n) is 1.71. The molecule has 0 unspecified atom stereocenters. The van der Waals surface area contributed by atoms with Gasteiger partial charge >= 0.3 is 5.97 Å². The van der Waals surface area contributed by atoms with E-state index in [1.807, 2.05) is 0 Å². The summed E-state index contributed by atoms with van der Waals surface area (Å²) < 4.78 is 0. The van der Waals surface area contributed by atoms with Gasteiger partial charge in [-0.3, -0.25) is 4.79 Å². The normalized spacial score (nSPS) is 9.31. The second kappa shape index (κ2) is 4.74. The van der Waals surface area contributed by atoms with E-state index in [4.69, 9.17) is 20.9 Å². The first-order valence-corrected chi connectivity index (χ1v) is 3.47. The van der Waals surface area contributed by atoms with Crippen molar-refractivity contribution < 1.29 is 9.90 Å². The van der Waals surface area contributed by atoms with Crippen molar-refractivity contribution in [3.05, 3.63) is 0 Å². The molecule has 0 fully saturated rings. The van der Waals surface area contributed by atoms with Crippen molar-refractivity contribution in [3.63, 3.8) is 0 Å². The highest BCUT2D eigenvalue weighted by Gasteiger charge is 2.38. The van der Waals surface area contributed by atoms with Crippen LogP contribution < -0.4 is 0 Å². The molecule has 0 aromatic carbocycles. The molecule has 0 saturated carbocycles. The average molecular weight is 177 g/mol. The average Bonchev–Trinajstić information content (AvgIpc) is 2.05. The van der Waals surface area contributed by atoms with Gasteiger partial charge in [-0.25, -0.2) is 0 Å². The van der Waals surface area contributed by atoms with Gasteiger partial charge in [0.1, 0.15) is 5.41 Å². The Morgan fingerprint density at radius 3 is 1.54 bits per heavy atom. The van der Waals surface area contributed by atoms with Crippen molar-refractivity contribution in [2.45, 2.75) is 19.3 Å². The predicted octanol–water partition coefficient (Wildman–Crippen LogP) is 0.798. The van der Waals surface area contributed by atoms with Crippen LogP contribution in [0.2, 0.25) is 0 Å². The Morgan fingerprint density at radius 2 is 1.38 bits per heavy atom. The van der Waals surface area contributed by atoms with Crippen LogP contribution in [0.4, 0.5) is 0 Å². The fourth-order valence-electron chi connectivity index (χ4n) is 0.868. The van der Waals surface area contributed by atoms with Gasteiger partial charge in [-0.1, -0.05) is 0 Å². The van der Waals surface area contributed by atoms with Crippen LogP contribution in [0.1, 0.15) is 19.3 Å². The largest absolute Gasteiger partial charge is 0.481 e. The maximum absolute atomic E-state index is 10.7. The lowest BCUT2D eigenvalue weighted by atomic mass is 9.79. The van der Waals surface area contributed by atoms with Gasteiger partial charge in [0.15, 0.2) is 0 Å². The SMILES string of the molecule is N#CCC(CC#N)(CC#N)C(=O)O. The zero-order valence-corrected chi connectivity index (χ0v) is 6.82. The summed E-state index contributed by atoms with van der Waals surface area (Å²) in [7, 11) is 0. The summed E-state index contributed by atoms with van der Waals surface area (Å²) in [6, 6.07) is 5.03. The fraction of sp³-hybridized carbons (Fsp3) is 0.500. The number of hydrogen-bond donors (Lipinski definition) is 1. The van der Waals surface area contributed by atoms with E-state index in [0.717, 1.165) is 0 Å². The second-order valence-corrected chi connectivity index (χ2v) is 2.59. The molecule has 0 amide bonds. The Bertz CT molecular complexity index is 275. The van der Waals surface area contributed by atoms with Gasteiger partial charge in [0.05, 0.1) is 37.5 Å². The quantitative estimate of drug-likeness (QED) is 0.682. The highest BCUT2D eigenvalue weighted by atomic mass is 16.4. The summed E-state index contributed by atoms with van der Waals surface area (Å²) >= 11 is 0. The number of nitrogens with zero attached hydrogens (tertiary/aromatic N) is 3. The van der Waals surface area contributed by atoms with E-state index in [9.17, 15) is 4.79 Å². The van der Waals surface area contributed by atoms with Crippen LogP contribution in [0.5, 0.6) is 0 Å². The number of carboxylic acid groups (broad SMARTS) is 1. The third-order valence-corrected chi connectivity index (χ3v) is 1.71. The van der Waals surface area contributed by atoms with Crippen LogP contribution in [0.15, 0.2) is 0 Å². The smallest absolute Gasteiger partial charge is 0.312 e. The number of carboxylic acids is 1. The molecule has 0 rings (SSSR count). The van der Waals surface area contributed by atoms with E-state index in [2.05, 4.69) is 0 Å². The second-order valence-electron chi connectivity index (χ2n) is 2.59. The monoisotopic (exact) mass is 177 g/mol. The van der Waals surface area contributed by atoms with Gasteiger partial charge in [-0.05, 0) is 0 Å². The topological polar surface area (TPSA) is 109 Å². The molecular weight excluding hydrogens is 170 g/mol. The van der Waals surface area contributed by atoms with Crippen molar-refractivity contribution in [2.24, 2.45) is 5.41 Å². The van der Waals surface area contributed by atoms with Gasteiger partial charge in [-0.2, -0.15) is 15.8 Å². The Hall–Kier alpha value is -2.06. The zero-order valence-electron chi connectivity index (χ0n) is 6.82. The van der Waals surface area contributed by atoms with Crippen LogP contribution in [0, 0.1) is 39.4 Å². The van der Waals surface area contributed by atoms with E-state index < -0.39 is 11.4 Å². The lowest BCUT2D eigenvalue weighted by Gasteiger charge is -2.19. The van der Waals surface area contributed by atoms with E-state index in [1.165, 1.54) is 0 Å². The molecule has 1 N–H and O–H groups in total. The van der Waals surface area contributed by atoms with Crippen molar-refractivity contribution in [1.82, 2.24) is 0 Å². The molecule has 5 heteroatoms. The summed E-state index contributed by atoms with van der Waals surface area (Å²) in [5.74, 6) is -1.27. The maximum Gasteiger partial charge on any atom is 0.312 e. The highest BCUT2D eigenvalue weighted by Crippen LogP contribution is 2.30. The summed E-state index contributed by atoms with van der Waals surface area (Å²) in [4.78, 5) is 10.7. The van der Waals surface area contributed by atoms with E-state index in [-0.39, 0.29) is 19.3 Å². The Balaban J connectivity index is 4.87. The Labute approximate surface area is 75.4 Å². The molecule has 0 bridgehead atoms. The summed E-state index contributed by atoms with van der Waals surface area (Å²) in [6.07, 6.45) is -0.948. The van der Waals surface area contributed by atoms with Crippen LogP contribution in [0.3, 0.4) is 0 Å². The number of nitriles is 3. The third kappa shape index (κ3) is 2.47. The van der Waals surface area contributed by atoms with Crippen molar-refractivity contribution in [3.8, 4) is 18.2 Å². The molecule has 13 heavy (non-hydrogen) atoms. The molecule has 0 aromatic heterocycles. The summed E-state index contributed by atoms with van der Waals surface area (Å²) in [5.41, 5.74) is -1.52. The van der Waals surface area contributed by atoms with Crippen molar-refractivity contribution in [1.29, 1.82) is 15.8 Å². The standard InChI is InChI=1S/C8H7N3O2/c9-4-1-8(2-5-10,3-6-11)7(12)13/h1-3H2,(H,12,13). The minimum absolute atomic E-state index is 0.316. The van der Waals surface area contributed by atoms with Gasteiger partial charge in [0.2, 0.25) is 0 Å². The molecule has 0 aliphatic carbocycles. The Kier molecular flexibility index (Phi) is 3.99. The van der Waals surface area contributed by atoms with Gasteiger partial charge < -0.3 is 5.11 Å². The molecule has 0 atom stereocenters. The van der Waals surface area contributed by atoms with Crippen LogP contribution >= 0.6 is 0 Å². The van der Waals surface area contributed by atoms with Crippen LogP contribution in [-0.2, 0) is 4.79 Å². The summed E-state index contributed by atoms with van der Waals surface area (Å²) in [5, 5.41) is 33.9. The molecule has 0 saturated heterocycles. The minimum atomic E-state index is -1.52. The minimum Gasteiger partial charge on any atom is -0.481 e. The van der Waals surface area contributed by atoms with Gasteiger partial charge in [0.25, 0.3) is 0 Å². The van der Waals surface area contributed by atoms with Crippen molar-refractivity contribution in [2.75, 3.05) is 0 Å². The molecule has 0 aliphatic heterocycles. The molecule has 5 nitrogen and oxygen atoms in total. The first kappa shape index (κ1) is 10.9. The molecule has 0 heterocycles. The molecule has 0 aromatic rings. The predicted molar refractivity (Wildman–Crippen MR) is 40.8 cm³/mol. The lowest BCUT2D eigenvalue weighted by Crippen LogP contribution is -2.29. The first-order valence-electron chi connectivity index (χ1n) is 3.47. The lowest BCUT2D eigenvalue weighted by molar-refractivity contribution is -0.148. The highest BCUT2D eigenvalue weighted by molar-refractivity contribution is 5.75. The van der Waals surface area contributed by atoms with E-state index in [1.54, 1.807) is 18.2 Å². The molecule has 0 radical (unpaired) electrons.